The molecule has 0 aliphatic carbocycles. The number of carboxylic acids is 1. The Balaban J connectivity index is 3.38. The van der Waals surface area contributed by atoms with Crippen LogP contribution in [0.15, 0.2) is 24.8 Å². The second-order valence-electron chi connectivity index (χ2n) is 3.34. The molecule has 0 unspecified atom stereocenters. The number of rotatable bonds is 3. The quantitative estimate of drug-likeness (QED) is 0.793. The van der Waals surface area contributed by atoms with Crippen LogP contribution in [-0.2, 0) is 4.74 Å². The average Bonchev–Trinajstić information content (AvgIpc) is 2.26. The van der Waals surface area contributed by atoms with Gasteiger partial charge in [0.05, 0.1) is 18.2 Å². The standard InChI is InChI=1S/C12H12O4/c1-7(2)9-5-4-8(11(13)14)6-10(9)12(15)16-3/h4-6H,1H2,2-3H3,(H,13,14). The first-order chi connectivity index (χ1) is 7.47. The predicted octanol–water partition coefficient (Wildman–Crippen LogP) is 2.20. The smallest absolute Gasteiger partial charge is 0.338 e. The van der Waals surface area contributed by atoms with Crippen LogP contribution in [-0.4, -0.2) is 24.2 Å². The Morgan fingerprint density at radius 3 is 2.38 bits per heavy atom. The first kappa shape index (κ1) is 12.0. The monoisotopic (exact) mass is 220 g/mol. The van der Waals surface area contributed by atoms with Gasteiger partial charge in [0.25, 0.3) is 0 Å². The van der Waals surface area contributed by atoms with Crippen LogP contribution < -0.4 is 0 Å². The predicted molar refractivity (Wildman–Crippen MR) is 59.4 cm³/mol. The van der Waals surface area contributed by atoms with Gasteiger partial charge in [-0.05, 0) is 24.6 Å². The zero-order valence-electron chi connectivity index (χ0n) is 9.11. The van der Waals surface area contributed by atoms with E-state index in [0.717, 1.165) is 0 Å². The Morgan fingerprint density at radius 2 is 1.94 bits per heavy atom. The fourth-order valence-electron chi connectivity index (χ4n) is 1.33. The summed E-state index contributed by atoms with van der Waals surface area (Å²) in [6.07, 6.45) is 0. The number of carboxylic acid groups (broad SMARTS) is 1. The summed E-state index contributed by atoms with van der Waals surface area (Å²) in [7, 11) is 1.25. The molecule has 84 valence electrons. The molecule has 0 aromatic heterocycles. The van der Waals surface area contributed by atoms with Gasteiger partial charge >= 0.3 is 11.9 Å². The topological polar surface area (TPSA) is 63.6 Å². The van der Waals surface area contributed by atoms with Gasteiger partial charge in [-0.15, -0.1) is 0 Å². The SMILES string of the molecule is C=C(C)c1ccc(C(=O)O)cc1C(=O)OC. The van der Waals surface area contributed by atoms with Crippen LogP contribution in [0.3, 0.4) is 0 Å². The summed E-state index contributed by atoms with van der Waals surface area (Å²) < 4.78 is 4.59. The first-order valence-corrected chi connectivity index (χ1v) is 4.59. The number of methoxy groups -OCH3 is 1. The van der Waals surface area contributed by atoms with Gasteiger partial charge in [-0.2, -0.15) is 0 Å². The molecule has 0 atom stereocenters. The minimum atomic E-state index is -1.08. The highest BCUT2D eigenvalue weighted by atomic mass is 16.5. The molecule has 0 aliphatic rings. The molecule has 0 radical (unpaired) electrons. The summed E-state index contributed by atoms with van der Waals surface area (Å²) in [5.74, 6) is -1.65. The minimum absolute atomic E-state index is 0.0467. The maximum absolute atomic E-state index is 11.5. The molecule has 4 heteroatoms. The Hall–Kier alpha value is -2.10. The molecule has 0 heterocycles. The van der Waals surface area contributed by atoms with Crippen molar-refractivity contribution in [1.29, 1.82) is 0 Å². The number of ether oxygens (including phenoxy) is 1. The van der Waals surface area contributed by atoms with Crippen LogP contribution in [0.2, 0.25) is 0 Å². The van der Waals surface area contributed by atoms with Crippen LogP contribution in [0, 0.1) is 0 Å². The van der Waals surface area contributed by atoms with E-state index in [4.69, 9.17) is 5.11 Å². The van der Waals surface area contributed by atoms with E-state index in [1.165, 1.54) is 19.2 Å². The normalized spacial score (nSPS) is 9.62. The van der Waals surface area contributed by atoms with Crippen molar-refractivity contribution in [3.05, 3.63) is 41.5 Å². The van der Waals surface area contributed by atoms with Gasteiger partial charge in [-0.3, -0.25) is 0 Å². The molecule has 0 saturated heterocycles. The molecule has 0 amide bonds. The van der Waals surface area contributed by atoms with Crippen LogP contribution >= 0.6 is 0 Å². The Kier molecular flexibility index (Phi) is 3.45. The van der Waals surface area contributed by atoms with Gasteiger partial charge in [0.1, 0.15) is 0 Å². The van der Waals surface area contributed by atoms with Crippen molar-refractivity contribution in [2.24, 2.45) is 0 Å². The zero-order chi connectivity index (χ0) is 12.3. The van der Waals surface area contributed by atoms with Crippen LogP contribution in [0.5, 0.6) is 0 Å². The van der Waals surface area contributed by atoms with Gasteiger partial charge in [-0.25, -0.2) is 9.59 Å². The van der Waals surface area contributed by atoms with Gasteiger partial charge < -0.3 is 9.84 Å². The summed E-state index contributed by atoms with van der Waals surface area (Å²) in [5.41, 5.74) is 1.54. The fourth-order valence-corrected chi connectivity index (χ4v) is 1.33. The lowest BCUT2D eigenvalue weighted by atomic mass is 9.99. The lowest BCUT2D eigenvalue weighted by molar-refractivity contribution is 0.0600. The minimum Gasteiger partial charge on any atom is -0.478 e. The number of carbonyl (C=O) groups is 2. The second-order valence-corrected chi connectivity index (χ2v) is 3.34. The lowest BCUT2D eigenvalue weighted by Crippen LogP contribution is -2.07. The molecule has 1 rings (SSSR count). The number of benzene rings is 1. The molecule has 1 aromatic rings. The van der Waals surface area contributed by atoms with Crippen LogP contribution in [0.4, 0.5) is 0 Å². The molecule has 4 nitrogen and oxygen atoms in total. The largest absolute Gasteiger partial charge is 0.478 e. The van der Waals surface area contributed by atoms with Crippen molar-refractivity contribution >= 4 is 17.5 Å². The van der Waals surface area contributed by atoms with E-state index in [1.807, 2.05) is 0 Å². The van der Waals surface area contributed by atoms with E-state index in [9.17, 15) is 9.59 Å². The van der Waals surface area contributed by atoms with E-state index in [2.05, 4.69) is 11.3 Å². The Labute approximate surface area is 93.2 Å². The Morgan fingerprint density at radius 1 is 1.31 bits per heavy atom. The van der Waals surface area contributed by atoms with E-state index in [-0.39, 0.29) is 11.1 Å². The summed E-state index contributed by atoms with van der Waals surface area (Å²) in [6, 6.07) is 4.27. The molecule has 0 fully saturated rings. The third-order valence-electron chi connectivity index (χ3n) is 2.13. The van der Waals surface area contributed by atoms with Crippen molar-refractivity contribution < 1.29 is 19.4 Å². The molecule has 16 heavy (non-hydrogen) atoms. The fraction of sp³-hybridized carbons (Fsp3) is 0.167. The van der Waals surface area contributed by atoms with Crippen molar-refractivity contribution in [3.8, 4) is 0 Å². The summed E-state index contributed by atoms with van der Waals surface area (Å²) in [5, 5.41) is 8.82. The number of carbonyl (C=O) groups excluding carboxylic acids is 1. The van der Waals surface area contributed by atoms with E-state index >= 15 is 0 Å². The van der Waals surface area contributed by atoms with Gasteiger partial charge in [0.2, 0.25) is 0 Å². The van der Waals surface area contributed by atoms with Crippen molar-refractivity contribution in [2.75, 3.05) is 7.11 Å². The molecular weight excluding hydrogens is 208 g/mol. The van der Waals surface area contributed by atoms with Crippen molar-refractivity contribution in [2.45, 2.75) is 6.92 Å². The van der Waals surface area contributed by atoms with Gasteiger partial charge in [0, 0.05) is 0 Å². The van der Waals surface area contributed by atoms with E-state index < -0.39 is 11.9 Å². The molecule has 0 spiro atoms. The summed E-state index contributed by atoms with van der Waals surface area (Å²) in [6.45, 7) is 5.46. The third kappa shape index (κ3) is 2.28. The molecular formula is C12H12O4. The number of esters is 1. The number of aromatic carboxylic acids is 1. The molecule has 0 bridgehead atoms. The highest BCUT2D eigenvalue weighted by Gasteiger charge is 2.15. The number of allylic oxidation sites excluding steroid dienone is 1. The first-order valence-electron chi connectivity index (χ1n) is 4.59. The van der Waals surface area contributed by atoms with Gasteiger partial charge in [-0.1, -0.05) is 18.2 Å². The molecule has 0 aliphatic heterocycles. The maximum Gasteiger partial charge on any atom is 0.338 e. The summed E-state index contributed by atoms with van der Waals surface area (Å²) in [4.78, 5) is 22.2. The Bertz CT molecular complexity index is 460. The molecule has 1 N–H and O–H groups in total. The number of hydrogen-bond donors (Lipinski definition) is 1. The average molecular weight is 220 g/mol. The lowest BCUT2D eigenvalue weighted by Gasteiger charge is -2.08. The molecule has 0 saturated carbocycles. The van der Waals surface area contributed by atoms with E-state index in [0.29, 0.717) is 11.1 Å². The maximum atomic E-state index is 11.5. The molecule has 1 aromatic carbocycles. The van der Waals surface area contributed by atoms with Crippen molar-refractivity contribution in [3.63, 3.8) is 0 Å². The van der Waals surface area contributed by atoms with Crippen molar-refractivity contribution in [1.82, 2.24) is 0 Å². The van der Waals surface area contributed by atoms with Gasteiger partial charge in [0.15, 0.2) is 0 Å². The van der Waals surface area contributed by atoms with Crippen LogP contribution in [0.25, 0.3) is 5.57 Å². The zero-order valence-corrected chi connectivity index (χ0v) is 9.11. The highest BCUT2D eigenvalue weighted by molar-refractivity contribution is 5.98. The second kappa shape index (κ2) is 4.61. The van der Waals surface area contributed by atoms with E-state index in [1.54, 1.807) is 13.0 Å². The highest BCUT2D eigenvalue weighted by Crippen LogP contribution is 2.20. The summed E-state index contributed by atoms with van der Waals surface area (Å²) >= 11 is 0. The van der Waals surface area contributed by atoms with Crippen LogP contribution in [0.1, 0.15) is 33.2 Å². The number of hydrogen-bond acceptors (Lipinski definition) is 3. The third-order valence-corrected chi connectivity index (χ3v) is 2.13.